The largest absolute Gasteiger partial charge is 0.463 e. The summed E-state index contributed by atoms with van der Waals surface area (Å²) in [6, 6.07) is 3.79. The molecule has 3 heteroatoms. The summed E-state index contributed by atoms with van der Waals surface area (Å²) in [5, 5.41) is 0. The molecule has 0 bridgehead atoms. The normalized spacial score (nSPS) is 24.4. The van der Waals surface area contributed by atoms with Gasteiger partial charge in [-0.15, -0.1) is 0 Å². The van der Waals surface area contributed by atoms with E-state index in [-0.39, 0.29) is 5.78 Å². The van der Waals surface area contributed by atoms with Crippen molar-refractivity contribution < 1.29 is 9.53 Å². The fraction of sp³-hybridized carbons (Fsp3) is 0.600. The first kappa shape index (κ1) is 11.7. The summed E-state index contributed by atoms with van der Waals surface area (Å²) < 4.78 is 6.01. The van der Waals surface area contributed by atoms with E-state index in [1.54, 1.807) is 6.20 Å². The first-order valence-electron chi connectivity index (χ1n) is 6.67. The fourth-order valence-electron chi connectivity index (χ4n) is 2.94. The van der Waals surface area contributed by atoms with Crippen molar-refractivity contribution >= 4 is 5.78 Å². The van der Waals surface area contributed by atoms with Crippen LogP contribution in [0.3, 0.4) is 0 Å². The van der Waals surface area contributed by atoms with Gasteiger partial charge in [0.05, 0.1) is 0 Å². The maximum absolute atomic E-state index is 12.4. The van der Waals surface area contributed by atoms with Crippen LogP contribution in [0.15, 0.2) is 18.3 Å². The molecule has 2 aliphatic rings. The maximum Gasteiger partial charge on any atom is 0.217 e. The predicted octanol–water partition coefficient (Wildman–Crippen LogP) is 2.92. The molecule has 0 N–H and O–H groups in total. The summed E-state index contributed by atoms with van der Waals surface area (Å²) in [7, 11) is 0. The zero-order chi connectivity index (χ0) is 12.8. The van der Waals surface area contributed by atoms with Gasteiger partial charge in [0.25, 0.3) is 0 Å². The minimum Gasteiger partial charge on any atom is -0.463 e. The van der Waals surface area contributed by atoms with Gasteiger partial charge >= 0.3 is 0 Å². The molecule has 0 unspecified atom stereocenters. The first-order chi connectivity index (χ1) is 8.51. The lowest BCUT2D eigenvalue weighted by Crippen LogP contribution is -2.51. The number of fused-ring (bicyclic) bond motifs is 1. The van der Waals surface area contributed by atoms with Gasteiger partial charge < -0.3 is 4.74 Å². The van der Waals surface area contributed by atoms with Crippen LogP contribution in [0.1, 0.15) is 45.1 Å². The predicted molar refractivity (Wildman–Crippen MR) is 68.6 cm³/mol. The number of hydrogen-bond donors (Lipinski definition) is 0. The second-order valence-electron chi connectivity index (χ2n) is 6.33. The molecule has 0 saturated heterocycles. The van der Waals surface area contributed by atoms with Gasteiger partial charge in [-0.1, -0.05) is 19.9 Å². The molecular weight excluding hydrogens is 226 g/mol. The molecule has 18 heavy (non-hydrogen) atoms. The number of carbonyl (C=O) groups excluding carboxylic acids is 1. The van der Waals surface area contributed by atoms with Crippen molar-refractivity contribution in [3.8, 4) is 5.88 Å². The summed E-state index contributed by atoms with van der Waals surface area (Å²) in [5.74, 6) is 0.898. The third-order valence-electron chi connectivity index (χ3n) is 4.41. The molecular formula is C15H19NO2. The van der Waals surface area contributed by atoms with E-state index in [1.807, 2.05) is 12.1 Å². The lowest BCUT2D eigenvalue weighted by atomic mass is 9.68. The Morgan fingerprint density at radius 3 is 2.67 bits per heavy atom. The van der Waals surface area contributed by atoms with Crippen molar-refractivity contribution in [3.05, 3.63) is 23.9 Å². The van der Waals surface area contributed by atoms with E-state index in [0.29, 0.717) is 17.7 Å². The number of rotatable bonds is 0. The second-order valence-corrected chi connectivity index (χ2v) is 6.33. The average Bonchev–Trinajstić information content (AvgIpc) is 2.34. The smallest absolute Gasteiger partial charge is 0.217 e. The Hall–Kier alpha value is -1.38. The number of hydrogen-bond acceptors (Lipinski definition) is 3. The quantitative estimate of drug-likeness (QED) is 0.705. The third kappa shape index (κ3) is 1.82. The Bertz CT molecular complexity index is 483. The van der Waals surface area contributed by atoms with Gasteiger partial charge in [-0.25, -0.2) is 4.98 Å². The van der Waals surface area contributed by atoms with E-state index >= 15 is 0 Å². The van der Waals surface area contributed by atoms with Crippen molar-refractivity contribution in [2.45, 2.75) is 51.6 Å². The molecule has 96 valence electrons. The van der Waals surface area contributed by atoms with Crippen LogP contribution in [0.2, 0.25) is 0 Å². The van der Waals surface area contributed by atoms with Gasteiger partial charge in [-0.2, -0.15) is 0 Å². The fourth-order valence-corrected chi connectivity index (χ4v) is 2.94. The minimum atomic E-state index is -0.586. The van der Waals surface area contributed by atoms with Crippen molar-refractivity contribution in [2.75, 3.05) is 0 Å². The van der Waals surface area contributed by atoms with Crippen LogP contribution in [-0.4, -0.2) is 16.4 Å². The molecule has 1 aromatic heterocycles. The summed E-state index contributed by atoms with van der Waals surface area (Å²) in [5.41, 5.74) is 0.675. The molecule has 0 aromatic carbocycles. The van der Waals surface area contributed by atoms with E-state index in [9.17, 15) is 4.79 Å². The highest BCUT2D eigenvalue weighted by molar-refractivity contribution is 5.91. The third-order valence-corrected chi connectivity index (χ3v) is 4.41. The molecule has 1 aliphatic carbocycles. The van der Waals surface area contributed by atoms with E-state index in [1.165, 1.54) is 0 Å². The minimum absolute atomic E-state index is 0.235. The highest BCUT2D eigenvalue weighted by Gasteiger charge is 2.48. The Balaban J connectivity index is 1.89. The zero-order valence-electron chi connectivity index (χ0n) is 11.0. The molecule has 0 radical (unpaired) electrons. The van der Waals surface area contributed by atoms with Crippen molar-refractivity contribution in [3.63, 3.8) is 0 Å². The molecule has 2 heterocycles. The molecule has 3 rings (SSSR count). The maximum atomic E-state index is 12.4. The van der Waals surface area contributed by atoms with Crippen LogP contribution in [0.25, 0.3) is 0 Å². The Morgan fingerprint density at radius 2 is 1.94 bits per heavy atom. The molecule has 1 aromatic rings. The Kier molecular flexibility index (Phi) is 2.47. The van der Waals surface area contributed by atoms with Crippen molar-refractivity contribution in [1.82, 2.24) is 4.98 Å². The van der Waals surface area contributed by atoms with Crippen molar-refractivity contribution in [1.29, 1.82) is 0 Å². The van der Waals surface area contributed by atoms with E-state index in [4.69, 9.17) is 4.74 Å². The van der Waals surface area contributed by atoms with Crippen LogP contribution in [0.4, 0.5) is 0 Å². The number of carbonyl (C=O) groups is 1. The van der Waals surface area contributed by atoms with Gasteiger partial charge in [0.15, 0.2) is 11.4 Å². The summed E-state index contributed by atoms with van der Waals surface area (Å²) in [6.07, 6.45) is 5.95. The van der Waals surface area contributed by atoms with Crippen molar-refractivity contribution in [2.24, 2.45) is 5.41 Å². The van der Waals surface area contributed by atoms with Crippen LogP contribution >= 0.6 is 0 Å². The second kappa shape index (κ2) is 3.81. The van der Waals surface area contributed by atoms with E-state index < -0.39 is 5.60 Å². The number of ketones is 1. The molecule has 1 fully saturated rings. The monoisotopic (exact) mass is 245 g/mol. The van der Waals surface area contributed by atoms with E-state index in [0.717, 1.165) is 31.2 Å². The number of pyridine rings is 1. The van der Waals surface area contributed by atoms with Gasteiger partial charge in [0, 0.05) is 18.2 Å². The highest BCUT2D eigenvalue weighted by atomic mass is 16.5. The first-order valence-corrected chi connectivity index (χ1v) is 6.67. The van der Waals surface area contributed by atoms with Crippen LogP contribution in [0, 0.1) is 5.41 Å². The Morgan fingerprint density at radius 1 is 1.22 bits per heavy atom. The SMILES string of the molecule is CC1(C)CCC2(CC1)Oc1ncccc1CC2=O. The summed E-state index contributed by atoms with van der Waals surface area (Å²) in [4.78, 5) is 16.7. The lowest BCUT2D eigenvalue weighted by molar-refractivity contribution is -0.141. The van der Waals surface area contributed by atoms with Crippen LogP contribution in [-0.2, 0) is 11.2 Å². The van der Waals surface area contributed by atoms with Gasteiger partial charge in [0.1, 0.15) is 0 Å². The van der Waals surface area contributed by atoms with Crippen LogP contribution in [0.5, 0.6) is 5.88 Å². The molecule has 1 saturated carbocycles. The molecule has 1 aliphatic heterocycles. The topological polar surface area (TPSA) is 39.2 Å². The van der Waals surface area contributed by atoms with Gasteiger partial charge in [0.2, 0.25) is 5.88 Å². The van der Waals surface area contributed by atoms with Gasteiger partial charge in [-0.3, -0.25) is 4.79 Å². The molecule has 0 atom stereocenters. The molecule has 0 amide bonds. The molecule has 1 spiro atoms. The van der Waals surface area contributed by atoms with Crippen LogP contribution < -0.4 is 4.74 Å². The highest BCUT2D eigenvalue weighted by Crippen LogP contribution is 2.45. The number of nitrogens with zero attached hydrogens (tertiary/aromatic N) is 1. The summed E-state index contributed by atoms with van der Waals surface area (Å²) in [6.45, 7) is 4.53. The number of aromatic nitrogens is 1. The zero-order valence-corrected chi connectivity index (χ0v) is 11.0. The lowest BCUT2D eigenvalue weighted by Gasteiger charge is -2.44. The number of Topliss-reactive ketones (excluding diaryl/α,β-unsaturated/α-hetero) is 1. The number of ether oxygens (including phenoxy) is 1. The molecule has 3 nitrogen and oxygen atoms in total. The average molecular weight is 245 g/mol. The van der Waals surface area contributed by atoms with Gasteiger partial charge in [-0.05, 0) is 37.2 Å². The Labute approximate surface area is 108 Å². The summed E-state index contributed by atoms with van der Waals surface area (Å²) >= 11 is 0. The van der Waals surface area contributed by atoms with E-state index in [2.05, 4.69) is 18.8 Å². The standard InChI is InChI=1S/C15H19NO2/c1-14(2)5-7-15(8-6-14)12(17)10-11-4-3-9-16-13(11)18-15/h3-4,9H,5-8,10H2,1-2H3.